The summed E-state index contributed by atoms with van der Waals surface area (Å²) in [4.78, 5) is 21.4. The number of benzene rings is 2. The Hall–Kier alpha value is -3.48. The van der Waals surface area contributed by atoms with Crippen LogP contribution in [0.2, 0.25) is 0 Å². The summed E-state index contributed by atoms with van der Waals surface area (Å²) in [5, 5.41) is 13.4. The SMILES string of the molecule is O=C(/C=C/c1ccccc1)Nc1ccc(N2CCCN(CC(O)Cc3ccccc3)CC2)nc1. The first-order valence-electron chi connectivity index (χ1n) is 11.9. The van der Waals surface area contributed by atoms with E-state index in [4.69, 9.17) is 0 Å². The molecule has 2 aromatic carbocycles. The summed E-state index contributed by atoms with van der Waals surface area (Å²) in [6.07, 6.45) is 6.34. The number of β-amino-alcohol motifs (C(OH)–C–C–N with tert-alkyl or cyclic N) is 1. The zero-order chi connectivity index (χ0) is 23.6. The van der Waals surface area contributed by atoms with Crippen LogP contribution in [0.5, 0.6) is 0 Å². The average molecular weight is 457 g/mol. The van der Waals surface area contributed by atoms with Gasteiger partial charge in [0.25, 0.3) is 0 Å². The lowest BCUT2D eigenvalue weighted by Gasteiger charge is -2.24. The lowest BCUT2D eigenvalue weighted by atomic mass is 10.1. The lowest BCUT2D eigenvalue weighted by Crippen LogP contribution is -2.36. The molecule has 0 aliphatic carbocycles. The number of amides is 1. The van der Waals surface area contributed by atoms with E-state index in [0.29, 0.717) is 18.7 Å². The first-order valence-corrected chi connectivity index (χ1v) is 11.9. The number of carbonyl (C=O) groups is 1. The molecule has 1 amide bonds. The van der Waals surface area contributed by atoms with Crippen molar-refractivity contribution in [2.24, 2.45) is 0 Å². The van der Waals surface area contributed by atoms with Gasteiger partial charge < -0.3 is 15.3 Å². The maximum Gasteiger partial charge on any atom is 0.248 e. The number of nitrogens with zero attached hydrogens (tertiary/aromatic N) is 3. The molecule has 2 N–H and O–H groups in total. The van der Waals surface area contributed by atoms with Gasteiger partial charge >= 0.3 is 0 Å². The Morgan fingerprint density at radius 2 is 1.74 bits per heavy atom. The molecule has 3 aromatic rings. The standard InChI is InChI=1S/C28H32N4O2/c33-26(20-24-10-5-2-6-11-24)22-31-16-7-17-32(19-18-31)27-14-13-25(21-29-27)30-28(34)15-12-23-8-3-1-4-9-23/h1-6,8-15,21,26,33H,7,16-20,22H2,(H,30,34)/b15-12+. The second-order valence-corrected chi connectivity index (χ2v) is 8.62. The number of carbonyl (C=O) groups excluding carboxylic acids is 1. The molecule has 1 unspecified atom stereocenters. The van der Waals surface area contributed by atoms with Gasteiger partial charge in [-0.15, -0.1) is 0 Å². The highest BCUT2D eigenvalue weighted by Crippen LogP contribution is 2.17. The molecule has 176 valence electrons. The van der Waals surface area contributed by atoms with E-state index in [1.165, 1.54) is 11.6 Å². The Labute approximate surface area is 201 Å². The lowest BCUT2D eigenvalue weighted by molar-refractivity contribution is -0.111. The summed E-state index contributed by atoms with van der Waals surface area (Å²) >= 11 is 0. The summed E-state index contributed by atoms with van der Waals surface area (Å²) in [5.74, 6) is 0.724. The van der Waals surface area contributed by atoms with Gasteiger partial charge in [-0.25, -0.2) is 4.98 Å². The van der Waals surface area contributed by atoms with E-state index in [2.05, 4.69) is 32.2 Å². The molecule has 1 atom stereocenters. The van der Waals surface area contributed by atoms with Crippen LogP contribution < -0.4 is 10.2 Å². The fraction of sp³-hybridized carbons (Fsp3) is 0.286. The summed E-state index contributed by atoms with van der Waals surface area (Å²) in [6, 6.07) is 23.7. The van der Waals surface area contributed by atoms with Crippen LogP contribution in [0.25, 0.3) is 6.08 Å². The molecule has 1 saturated heterocycles. The van der Waals surface area contributed by atoms with Gasteiger partial charge in [-0.1, -0.05) is 60.7 Å². The van der Waals surface area contributed by atoms with Crippen molar-refractivity contribution in [3.05, 3.63) is 96.2 Å². The van der Waals surface area contributed by atoms with E-state index < -0.39 is 0 Å². The zero-order valence-electron chi connectivity index (χ0n) is 19.4. The third-order valence-corrected chi connectivity index (χ3v) is 5.94. The highest BCUT2D eigenvalue weighted by Gasteiger charge is 2.18. The van der Waals surface area contributed by atoms with E-state index >= 15 is 0 Å². The molecule has 1 aliphatic heterocycles. The summed E-state index contributed by atoms with van der Waals surface area (Å²) in [6.45, 7) is 4.30. The van der Waals surface area contributed by atoms with Crippen molar-refractivity contribution in [2.75, 3.05) is 42.9 Å². The Balaban J connectivity index is 1.25. The smallest absolute Gasteiger partial charge is 0.248 e. The van der Waals surface area contributed by atoms with Crippen LogP contribution in [0.15, 0.2) is 85.1 Å². The zero-order valence-corrected chi connectivity index (χ0v) is 19.4. The van der Waals surface area contributed by atoms with E-state index in [9.17, 15) is 9.90 Å². The Kier molecular flexibility index (Phi) is 8.43. The van der Waals surface area contributed by atoms with Gasteiger partial charge in [-0.05, 0) is 48.7 Å². The van der Waals surface area contributed by atoms with E-state index in [1.54, 1.807) is 12.3 Å². The molecule has 0 radical (unpaired) electrons. The van der Waals surface area contributed by atoms with Crippen molar-refractivity contribution < 1.29 is 9.90 Å². The minimum atomic E-state index is -0.370. The Bertz CT molecular complexity index is 1050. The number of anilines is 2. The van der Waals surface area contributed by atoms with Gasteiger partial charge in [0.15, 0.2) is 0 Å². The van der Waals surface area contributed by atoms with Crippen LogP contribution in [0, 0.1) is 0 Å². The van der Waals surface area contributed by atoms with Crippen LogP contribution in [-0.2, 0) is 11.2 Å². The largest absolute Gasteiger partial charge is 0.391 e. The average Bonchev–Trinajstić information content (AvgIpc) is 3.10. The van der Waals surface area contributed by atoms with Crippen molar-refractivity contribution in [3.8, 4) is 0 Å². The molecule has 0 bridgehead atoms. The number of pyridine rings is 1. The van der Waals surface area contributed by atoms with Crippen molar-refractivity contribution in [3.63, 3.8) is 0 Å². The molecule has 6 nitrogen and oxygen atoms in total. The van der Waals surface area contributed by atoms with Crippen LogP contribution in [-0.4, -0.2) is 59.7 Å². The fourth-order valence-corrected chi connectivity index (χ4v) is 4.20. The van der Waals surface area contributed by atoms with Crippen LogP contribution >= 0.6 is 0 Å². The molecule has 2 heterocycles. The molecule has 34 heavy (non-hydrogen) atoms. The number of aromatic nitrogens is 1. The van der Waals surface area contributed by atoms with E-state index in [-0.39, 0.29) is 12.0 Å². The summed E-state index contributed by atoms with van der Waals surface area (Å²) < 4.78 is 0. The molecule has 1 aliphatic rings. The number of aliphatic hydroxyl groups is 1. The van der Waals surface area contributed by atoms with E-state index in [1.807, 2.05) is 60.7 Å². The van der Waals surface area contributed by atoms with Gasteiger partial charge in [0.2, 0.25) is 5.91 Å². The molecule has 6 heteroatoms. The molecule has 1 aromatic heterocycles. The van der Waals surface area contributed by atoms with Crippen molar-refractivity contribution >= 4 is 23.5 Å². The van der Waals surface area contributed by atoms with E-state index in [0.717, 1.165) is 44.0 Å². The molecular weight excluding hydrogens is 424 g/mol. The maximum absolute atomic E-state index is 12.2. The Morgan fingerprint density at radius 3 is 2.47 bits per heavy atom. The van der Waals surface area contributed by atoms with Gasteiger partial charge in [0.05, 0.1) is 18.0 Å². The highest BCUT2D eigenvalue weighted by molar-refractivity contribution is 6.01. The number of rotatable bonds is 8. The quantitative estimate of drug-likeness (QED) is 0.504. The highest BCUT2D eigenvalue weighted by atomic mass is 16.3. The fourth-order valence-electron chi connectivity index (χ4n) is 4.20. The van der Waals surface area contributed by atoms with Gasteiger partial charge in [-0.2, -0.15) is 0 Å². The minimum Gasteiger partial charge on any atom is -0.391 e. The first-order chi connectivity index (χ1) is 16.7. The predicted octanol–water partition coefficient (Wildman–Crippen LogP) is 3.85. The second-order valence-electron chi connectivity index (χ2n) is 8.62. The third kappa shape index (κ3) is 7.27. The van der Waals surface area contributed by atoms with Gasteiger partial charge in [0, 0.05) is 32.3 Å². The van der Waals surface area contributed by atoms with Crippen LogP contribution in [0.4, 0.5) is 11.5 Å². The first kappa shape index (κ1) is 23.7. The normalized spacial score (nSPS) is 15.7. The van der Waals surface area contributed by atoms with Crippen LogP contribution in [0.3, 0.4) is 0 Å². The molecule has 0 spiro atoms. The predicted molar refractivity (Wildman–Crippen MR) is 138 cm³/mol. The number of nitrogens with one attached hydrogen (secondary N) is 1. The van der Waals surface area contributed by atoms with Gasteiger partial charge in [-0.3, -0.25) is 9.69 Å². The third-order valence-electron chi connectivity index (χ3n) is 5.94. The Morgan fingerprint density at radius 1 is 0.971 bits per heavy atom. The molecular formula is C28H32N4O2. The number of hydrogen-bond acceptors (Lipinski definition) is 5. The second kappa shape index (κ2) is 12.1. The summed E-state index contributed by atoms with van der Waals surface area (Å²) in [7, 11) is 0. The minimum absolute atomic E-state index is 0.183. The van der Waals surface area contributed by atoms with Gasteiger partial charge in [0.1, 0.15) is 5.82 Å². The monoisotopic (exact) mass is 456 g/mol. The van der Waals surface area contributed by atoms with Crippen molar-refractivity contribution in [1.29, 1.82) is 0 Å². The molecule has 0 saturated carbocycles. The van der Waals surface area contributed by atoms with Crippen molar-refractivity contribution in [2.45, 2.75) is 18.9 Å². The maximum atomic E-state index is 12.2. The van der Waals surface area contributed by atoms with Crippen LogP contribution in [0.1, 0.15) is 17.5 Å². The van der Waals surface area contributed by atoms with Crippen molar-refractivity contribution in [1.82, 2.24) is 9.88 Å². The topological polar surface area (TPSA) is 68.7 Å². The molecule has 1 fully saturated rings. The summed E-state index contributed by atoms with van der Waals surface area (Å²) in [5.41, 5.74) is 2.82. The number of aliphatic hydroxyl groups excluding tert-OH is 1. The molecule has 4 rings (SSSR count). The number of hydrogen-bond donors (Lipinski definition) is 2.